The standard InChI is InChI=1S/C13H19N/c1-4-14-8-7-12-9-11(10(2)3)5-6-13(12)14/h5-6,9-10H,4,7-8H2,1-3H3. The van der Waals surface area contributed by atoms with E-state index in [4.69, 9.17) is 0 Å². The van der Waals surface area contributed by atoms with Crippen molar-refractivity contribution in [2.45, 2.75) is 33.1 Å². The number of benzene rings is 1. The Morgan fingerprint density at radius 3 is 2.79 bits per heavy atom. The summed E-state index contributed by atoms with van der Waals surface area (Å²) in [5.41, 5.74) is 4.47. The van der Waals surface area contributed by atoms with Gasteiger partial charge in [-0.25, -0.2) is 0 Å². The van der Waals surface area contributed by atoms with E-state index in [2.05, 4.69) is 43.9 Å². The lowest BCUT2D eigenvalue weighted by atomic mass is 10.00. The summed E-state index contributed by atoms with van der Waals surface area (Å²) < 4.78 is 0. The van der Waals surface area contributed by atoms with Crippen LogP contribution in [-0.4, -0.2) is 13.1 Å². The summed E-state index contributed by atoms with van der Waals surface area (Å²) in [6.07, 6.45) is 1.23. The molecule has 0 bridgehead atoms. The predicted octanol–water partition coefficient (Wildman–Crippen LogP) is 3.19. The van der Waals surface area contributed by atoms with E-state index < -0.39 is 0 Å². The number of hydrogen-bond donors (Lipinski definition) is 0. The Morgan fingerprint density at radius 2 is 2.14 bits per heavy atom. The van der Waals surface area contributed by atoms with Crippen LogP contribution < -0.4 is 4.90 Å². The highest BCUT2D eigenvalue weighted by atomic mass is 15.1. The minimum atomic E-state index is 0.649. The monoisotopic (exact) mass is 189 g/mol. The van der Waals surface area contributed by atoms with Crippen molar-refractivity contribution in [3.05, 3.63) is 29.3 Å². The molecule has 0 spiro atoms. The predicted molar refractivity (Wildman–Crippen MR) is 62.1 cm³/mol. The molecule has 0 saturated carbocycles. The number of rotatable bonds is 2. The molecule has 76 valence electrons. The van der Waals surface area contributed by atoms with Gasteiger partial charge >= 0.3 is 0 Å². The molecule has 14 heavy (non-hydrogen) atoms. The van der Waals surface area contributed by atoms with Gasteiger partial charge in [0.1, 0.15) is 0 Å². The summed E-state index contributed by atoms with van der Waals surface area (Å²) in [6, 6.07) is 6.95. The second kappa shape index (κ2) is 3.64. The molecule has 0 amide bonds. The van der Waals surface area contributed by atoms with Crippen molar-refractivity contribution >= 4 is 5.69 Å². The van der Waals surface area contributed by atoms with Gasteiger partial charge in [-0.3, -0.25) is 0 Å². The van der Waals surface area contributed by atoms with E-state index in [0.29, 0.717) is 5.92 Å². The first-order valence-electron chi connectivity index (χ1n) is 5.60. The Balaban J connectivity index is 2.34. The van der Waals surface area contributed by atoms with E-state index in [1.165, 1.54) is 29.8 Å². The zero-order chi connectivity index (χ0) is 10.1. The van der Waals surface area contributed by atoms with Gasteiger partial charge in [0.05, 0.1) is 0 Å². The third kappa shape index (κ3) is 1.52. The van der Waals surface area contributed by atoms with Gasteiger partial charge in [-0.15, -0.1) is 0 Å². The van der Waals surface area contributed by atoms with Crippen LogP contribution in [0.1, 0.15) is 37.8 Å². The average molecular weight is 189 g/mol. The molecule has 1 aliphatic heterocycles. The van der Waals surface area contributed by atoms with Crippen LogP contribution in [0.3, 0.4) is 0 Å². The van der Waals surface area contributed by atoms with Crippen molar-refractivity contribution in [3.8, 4) is 0 Å². The largest absolute Gasteiger partial charge is 0.371 e. The van der Waals surface area contributed by atoms with Crippen LogP contribution in [0.15, 0.2) is 18.2 Å². The molecular formula is C13H19N. The molecular weight excluding hydrogens is 170 g/mol. The first-order valence-corrected chi connectivity index (χ1v) is 5.60. The molecule has 0 radical (unpaired) electrons. The summed E-state index contributed by atoms with van der Waals surface area (Å²) >= 11 is 0. The van der Waals surface area contributed by atoms with Gasteiger partial charge in [0.25, 0.3) is 0 Å². The van der Waals surface area contributed by atoms with Crippen LogP contribution in [0, 0.1) is 0 Å². The van der Waals surface area contributed by atoms with Crippen molar-refractivity contribution in [2.75, 3.05) is 18.0 Å². The molecule has 0 unspecified atom stereocenters. The molecule has 0 N–H and O–H groups in total. The molecule has 1 heteroatoms. The van der Waals surface area contributed by atoms with Gasteiger partial charge in [0, 0.05) is 18.8 Å². The topological polar surface area (TPSA) is 3.24 Å². The molecule has 1 nitrogen and oxygen atoms in total. The quantitative estimate of drug-likeness (QED) is 0.690. The van der Waals surface area contributed by atoms with Crippen LogP contribution in [0.25, 0.3) is 0 Å². The zero-order valence-electron chi connectivity index (χ0n) is 9.38. The number of fused-ring (bicyclic) bond motifs is 1. The van der Waals surface area contributed by atoms with Gasteiger partial charge in [0.15, 0.2) is 0 Å². The Bertz CT molecular complexity index is 328. The maximum Gasteiger partial charge on any atom is 0.0399 e. The number of nitrogens with zero attached hydrogens (tertiary/aromatic N) is 1. The van der Waals surface area contributed by atoms with Crippen LogP contribution in [0.5, 0.6) is 0 Å². The van der Waals surface area contributed by atoms with E-state index in [1.54, 1.807) is 0 Å². The lowest BCUT2D eigenvalue weighted by Crippen LogP contribution is -2.18. The summed E-state index contributed by atoms with van der Waals surface area (Å²) in [5, 5.41) is 0. The Hall–Kier alpha value is -0.980. The highest BCUT2D eigenvalue weighted by molar-refractivity contribution is 5.59. The van der Waals surface area contributed by atoms with Gasteiger partial charge in [-0.05, 0) is 36.5 Å². The highest BCUT2D eigenvalue weighted by Gasteiger charge is 2.17. The molecule has 0 fully saturated rings. The van der Waals surface area contributed by atoms with Gasteiger partial charge in [-0.2, -0.15) is 0 Å². The first-order chi connectivity index (χ1) is 6.72. The summed E-state index contributed by atoms with van der Waals surface area (Å²) in [4.78, 5) is 2.46. The Morgan fingerprint density at radius 1 is 1.36 bits per heavy atom. The van der Waals surface area contributed by atoms with Gasteiger partial charge in [0.2, 0.25) is 0 Å². The minimum Gasteiger partial charge on any atom is -0.371 e. The van der Waals surface area contributed by atoms with Crippen molar-refractivity contribution in [2.24, 2.45) is 0 Å². The van der Waals surface area contributed by atoms with Crippen LogP contribution >= 0.6 is 0 Å². The molecule has 0 saturated heterocycles. The smallest absolute Gasteiger partial charge is 0.0399 e. The van der Waals surface area contributed by atoms with Crippen molar-refractivity contribution < 1.29 is 0 Å². The van der Waals surface area contributed by atoms with E-state index in [0.717, 1.165) is 6.54 Å². The number of hydrogen-bond acceptors (Lipinski definition) is 1. The minimum absolute atomic E-state index is 0.649. The molecule has 0 aromatic heterocycles. The number of likely N-dealkylation sites (N-methyl/N-ethyl adjacent to an activating group) is 1. The van der Waals surface area contributed by atoms with Crippen molar-refractivity contribution in [3.63, 3.8) is 0 Å². The molecule has 2 rings (SSSR count). The molecule has 1 aromatic rings. The fourth-order valence-corrected chi connectivity index (χ4v) is 2.18. The Labute approximate surface area is 86.7 Å². The van der Waals surface area contributed by atoms with Crippen LogP contribution in [0.4, 0.5) is 5.69 Å². The fraction of sp³-hybridized carbons (Fsp3) is 0.538. The fourth-order valence-electron chi connectivity index (χ4n) is 2.18. The second-order valence-electron chi connectivity index (χ2n) is 4.37. The normalized spacial score (nSPS) is 15.0. The summed E-state index contributed by atoms with van der Waals surface area (Å²) in [6.45, 7) is 9.08. The maximum atomic E-state index is 2.46. The lowest BCUT2D eigenvalue weighted by molar-refractivity contribution is 0.863. The van der Waals surface area contributed by atoms with Crippen LogP contribution in [0.2, 0.25) is 0 Å². The molecule has 1 heterocycles. The van der Waals surface area contributed by atoms with E-state index >= 15 is 0 Å². The summed E-state index contributed by atoms with van der Waals surface area (Å²) in [7, 11) is 0. The molecule has 0 atom stereocenters. The first kappa shape index (κ1) is 9.57. The lowest BCUT2D eigenvalue weighted by Gasteiger charge is -2.17. The van der Waals surface area contributed by atoms with E-state index in [1.807, 2.05) is 0 Å². The highest BCUT2D eigenvalue weighted by Crippen LogP contribution is 2.30. The Kier molecular flexibility index (Phi) is 2.49. The molecule has 1 aliphatic rings. The third-order valence-electron chi connectivity index (χ3n) is 3.14. The third-order valence-corrected chi connectivity index (χ3v) is 3.14. The SMILES string of the molecule is CCN1CCc2cc(C(C)C)ccc21. The molecule has 1 aromatic carbocycles. The van der Waals surface area contributed by atoms with Crippen LogP contribution in [-0.2, 0) is 6.42 Å². The second-order valence-corrected chi connectivity index (χ2v) is 4.37. The average Bonchev–Trinajstić information content (AvgIpc) is 2.59. The van der Waals surface area contributed by atoms with E-state index in [-0.39, 0.29) is 0 Å². The molecule has 0 aliphatic carbocycles. The van der Waals surface area contributed by atoms with E-state index in [9.17, 15) is 0 Å². The summed E-state index contributed by atoms with van der Waals surface area (Å²) in [5.74, 6) is 0.649. The number of anilines is 1. The van der Waals surface area contributed by atoms with Gasteiger partial charge < -0.3 is 4.90 Å². The van der Waals surface area contributed by atoms with Crippen molar-refractivity contribution in [1.82, 2.24) is 0 Å². The zero-order valence-corrected chi connectivity index (χ0v) is 9.38. The van der Waals surface area contributed by atoms with Gasteiger partial charge in [-0.1, -0.05) is 26.0 Å². The maximum absolute atomic E-state index is 2.46. The van der Waals surface area contributed by atoms with Crippen molar-refractivity contribution in [1.29, 1.82) is 0 Å².